The van der Waals surface area contributed by atoms with E-state index in [1.165, 1.54) is 7.11 Å². The monoisotopic (exact) mass is 300 g/mol. The standard InChI is InChI=1S/C16H32N2O3/c1-6-11-18(12-15(20)21-5)14(19)8-7-13(9-10-17)16(2,3)4/h13H,6-12,17H2,1-5H3. The summed E-state index contributed by atoms with van der Waals surface area (Å²) in [6.07, 6.45) is 3.01. The van der Waals surface area contributed by atoms with E-state index >= 15 is 0 Å². The summed E-state index contributed by atoms with van der Waals surface area (Å²) < 4.78 is 4.65. The van der Waals surface area contributed by atoms with Crippen molar-refractivity contribution >= 4 is 11.9 Å². The van der Waals surface area contributed by atoms with Crippen LogP contribution in [-0.4, -0.2) is 43.5 Å². The van der Waals surface area contributed by atoms with Gasteiger partial charge in [0.15, 0.2) is 0 Å². The first kappa shape index (κ1) is 19.9. The largest absolute Gasteiger partial charge is 0.468 e. The van der Waals surface area contributed by atoms with Crippen LogP contribution in [0.4, 0.5) is 0 Å². The molecule has 0 rings (SSSR count). The average Bonchev–Trinajstić information content (AvgIpc) is 2.41. The number of hydrogen-bond donors (Lipinski definition) is 1. The highest BCUT2D eigenvalue weighted by Gasteiger charge is 2.25. The van der Waals surface area contributed by atoms with Gasteiger partial charge in [-0.25, -0.2) is 0 Å². The lowest BCUT2D eigenvalue weighted by atomic mass is 9.76. The summed E-state index contributed by atoms with van der Waals surface area (Å²) in [5, 5.41) is 0. The zero-order valence-electron chi connectivity index (χ0n) is 14.3. The Labute approximate surface area is 129 Å². The van der Waals surface area contributed by atoms with Gasteiger partial charge < -0.3 is 15.4 Å². The molecule has 1 unspecified atom stereocenters. The van der Waals surface area contributed by atoms with E-state index in [1.54, 1.807) is 4.90 Å². The van der Waals surface area contributed by atoms with E-state index in [9.17, 15) is 9.59 Å². The molecule has 0 aliphatic rings. The van der Waals surface area contributed by atoms with Crippen LogP contribution >= 0.6 is 0 Å². The third-order valence-electron chi connectivity index (χ3n) is 3.84. The van der Waals surface area contributed by atoms with Crippen LogP contribution in [0.3, 0.4) is 0 Å². The van der Waals surface area contributed by atoms with Crippen molar-refractivity contribution in [2.24, 2.45) is 17.1 Å². The summed E-state index contributed by atoms with van der Waals surface area (Å²) in [4.78, 5) is 25.3. The lowest BCUT2D eigenvalue weighted by molar-refractivity contribution is -0.147. The Morgan fingerprint density at radius 3 is 2.29 bits per heavy atom. The quantitative estimate of drug-likeness (QED) is 0.662. The average molecular weight is 300 g/mol. The third kappa shape index (κ3) is 8.05. The minimum absolute atomic E-state index is 0.0218. The second-order valence-corrected chi connectivity index (χ2v) is 6.57. The van der Waals surface area contributed by atoms with E-state index in [4.69, 9.17) is 5.73 Å². The van der Waals surface area contributed by atoms with E-state index < -0.39 is 0 Å². The summed E-state index contributed by atoms with van der Waals surface area (Å²) in [6, 6.07) is 0. The summed E-state index contributed by atoms with van der Waals surface area (Å²) in [5.74, 6) is 0.0627. The van der Waals surface area contributed by atoms with Gasteiger partial charge in [-0.15, -0.1) is 0 Å². The highest BCUT2D eigenvalue weighted by molar-refractivity contribution is 5.82. The van der Waals surface area contributed by atoms with Gasteiger partial charge in [-0.05, 0) is 37.1 Å². The first-order chi connectivity index (χ1) is 9.76. The molecule has 0 saturated carbocycles. The van der Waals surface area contributed by atoms with Crippen LogP contribution in [-0.2, 0) is 14.3 Å². The van der Waals surface area contributed by atoms with Gasteiger partial charge in [0.1, 0.15) is 6.54 Å². The number of nitrogens with two attached hydrogens (primary N) is 1. The molecule has 1 amide bonds. The normalized spacial score (nSPS) is 12.9. The summed E-state index contributed by atoms with van der Waals surface area (Å²) in [7, 11) is 1.34. The van der Waals surface area contributed by atoms with Gasteiger partial charge in [0.25, 0.3) is 0 Å². The number of amides is 1. The lowest BCUT2D eigenvalue weighted by Gasteiger charge is -2.31. The number of esters is 1. The fraction of sp³-hybridized carbons (Fsp3) is 0.875. The highest BCUT2D eigenvalue weighted by atomic mass is 16.5. The van der Waals surface area contributed by atoms with Crippen molar-refractivity contribution in [1.82, 2.24) is 4.90 Å². The third-order valence-corrected chi connectivity index (χ3v) is 3.84. The molecular weight excluding hydrogens is 268 g/mol. The molecule has 0 aliphatic heterocycles. The topological polar surface area (TPSA) is 72.6 Å². The molecular formula is C16H32N2O3. The van der Waals surface area contributed by atoms with Crippen molar-refractivity contribution < 1.29 is 14.3 Å². The minimum atomic E-state index is -0.369. The molecule has 0 bridgehead atoms. The van der Waals surface area contributed by atoms with Crippen molar-refractivity contribution in [3.05, 3.63) is 0 Å². The van der Waals surface area contributed by atoms with Crippen LogP contribution in [0.2, 0.25) is 0 Å². The molecule has 0 aromatic rings. The van der Waals surface area contributed by atoms with Crippen molar-refractivity contribution in [2.45, 2.75) is 53.4 Å². The number of rotatable bonds is 9. The summed E-state index contributed by atoms with van der Waals surface area (Å²) >= 11 is 0. The first-order valence-electron chi connectivity index (χ1n) is 7.80. The molecule has 5 nitrogen and oxygen atoms in total. The Balaban J connectivity index is 4.56. The second-order valence-electron chi connectivity index (χ2n) is 6.57. The molecule has 0 spiro atoms. The molecule has 1 atom stereocenters. The predicted octanol–water partition coefficient (Wildman–Crippen LogP) is 2.19. The van der Waals surface area contributed by atoms with Crippen LogP contribution in [0, 0.1) is 11.3 Å². The molecule has 124 valence electrons. The molecule has 0 aromatic heterocycles. The van der Waals surface area contributed by atoms with Gasteiger partial charge in [0.05, 0.1) is 7.11 Å². The van der Waals surface area contributed by atoms with E-state index in [1.807, 2.05) is 6.92 Å². The van der Waals surface area contributed by atoms with Crippen LogP contribution < -0.4 is 5.73 Å². The van der Waals surface area contributed by atoms with Crippen molar-refractivity contribution in [2.75, 3.05) is 26.7 Å². The molecule has 5 heteroatoms. The lowest BCUT2D eigenvalue weighted by Crippen LogP contribution is -2.37. The van der Waals surface area contributed by atoms with Crippen molar-refractivity contribution in [1.29, 1.82) is 0 Å². The van der Waals surface area contributed by atoms with E-state index in [-0.39, 0.29) is 23.8 Å². The zero-order valence-corrected chi connectivity index (χ0v) is 14.3. The van der Waals surface area contributed by atoms with Crippen LogP contribution in [0.25, 0.3) is 0 Å². The van der Waals surface area contributed by atoms with Crippen LogP contribution in [0.1, 0.15) is 53.4 Å². The maximum atomic E-state index is 12.3. The molecule has 0 aromatic carbocycles. The summed E-state index contributed by atoms with van der Waals surface area (Å²) in [5.41, 5.74) is 5.80. The van der Waals surface area contributed by atoms with Gasteiger partial charge in [-0.3, -0.25) is 9.59 Å². The highest BCUT2D eigenvalue weighted by Crippen LogP contribution is 2.32. The van der Waals surface area contributed by atoms with E-state index in [0.717, 1.165) is 19.3 Å². The Morgan fingerprint density at radius 2 is 1.86 bits per heavy atom. The van der Waals surface area contributed by atoms with Gasteiger partial charge in [-0.1, -0.05) is 27.7 Å². The molecule has 0 radical (unpaired) electrons. The number of methoxy groups -OCH3 is 1. The molecule has 0 aliphatic carbocycles. The van der Waals surface area contributed by atoms with Crippen LogP contribution in [0.15, 0.2) is 0 Å². The number of nitrogens with zero attached hydrogens (tertiary/aromatic N) is 1. The maximum Gasteiger partial charge on any atom is 0.325 e. The molecule has 2 N–H and O–H groups in total. The zero-order chi connectivity index (χ0) is 16.5. The predicted molar refractivity (Wildman–Crippen MR) is 84.7 cm³/mol. The second kappa shape index (κ2) is 9.77. The Bertz CT molecular complexity index is 324. The van der Waals surface area contributed by atoms with Gasteiger partial charge >= 0.3 is 5.97 Å². The van der Waals surface area contributed by atoms with E-state index in [2.05, 4.69) is 25.5 Å². The fourth-order valence-corrected chi connectivity index (χ4v) is 2.45. The fourth-order valence-electron chi connectivity index (χ4n) is 2.45. The number of carbonyl (C=O) groups excluding carboxylic acids is 2. The van der Waals surface area contributed by atoms with E-state index in [0.29, 0.717) is 25.4 Å². The van der Waals surface area contributed by atoms with Crippen molar-refractivity contribution in [3.8, 4) is 0 Å². The van der Waals surface area contributed by atoms with Gasteiger partial charge in [0.2, 0.25) is 5.91 Å². The van der Waals surface area contributed by atoms with Crippen LogP contribution in [0.5, 0.6) is 0 Å². The number of carbonyl (C=O) groups is 2. The Hall–Kier alpha value is -1.10. The molecule has 0 fully saturated rings. The number of ether oxygens (including phenoxy) is 1. The Morgan fingerprint density at radius 1 is 1.24 bits per heavy atom. The van der Waals surface area contributed by atoms with Gasteiger partial charge in [-0.2, -0.15) is 0 Å². The smallest absolute Gasteiger partial charge is 0.325 e. The molecule has 0 heterocycles. The number of hydrogen-bond acceptors (Lipinski definition) is 4. The minimum Gasteiger partial charge on any atom is -0.468 e. The maximum absolute atomic E-state index is 12.3. The van der Waals surface area contributed by atoms with Gasteiger partial charge in [0, 0.05) is 13.0 Å². The molecule has 21 heavy (non-hydrogen) atoms. The molecule has 0 saturated heterocycles. The first-order valence-corrected chi connectivity index (χ1v) is 7.80. The van der Waals surface area contributed by atoms with Crippen molar-refractivity contribution in [3.63, 3.8) is 0 Å². The summed E-state index contributed by atoms with van der Waals surface area (Å²) in [6.45, 7) is 9.79. The Kier molecular flexibility index (Phi) is 9.26. The SMILES string of the molecule is CCCN(CC(=O)OC)C(=O)CCC(CCN)C(C)(C)C.